The Bertz CT molecular complexity index is 954. The molecular weight excluding hydrogens is 350 g/mol. The van der Waals surface area contributed by atoms with Crippen LogP contribution in [0.4, 0.5) is 0 Å². The Morgan fingerprint density at radius 3 is 2.54 bits per heavy atom. The molecule has 6 nitrogen and oxygen atoms in total. The number of amides is 1. The number of hydrogen-bond donors (Lipinski definition) is 0. The summed E-state index contributed by atoms with van der Waals surface area (Å²) in [6, 6.07) is 6.96. The minimum atomic E-state index is -0.552. The van der Waals surface area contributed by atoms with Crippen molar-refractivity contribution in [2.75, 3.05) is 13.7 Å². The molecule has 2 heterocycles. The maximum absolute atomic E-state index is 12.2. The minimum absolute atomic E-state index is 0.253. The number of benzene rings is 1. The van der Waals surface area contributed by atoms with Gasteiger partial charge in [0.25, 0.3) is 5.91 Å². The summed E-state index contributed by atoms with van der Waals surface area (Å²) in [6.07, 6.45) is 0. The van der Waals surface area contributed by atoms with Gasteiger partial charge in [-0.1, -0.05) is 0 Å². The molecule has 1 amide bonds. The van der Waals surface area contributed by atoms with Crippen molar-refractivity contribution in [1.29, 1.82) is 0 Å². The average Bonchev–Trinajstić information content (AvgIpc) is 3.12. The molecule has 3 aromatic rings. The lowest BCUT2D eigenvalue weighted by molar-refractivity contribution is -0.133. The summed E-state index contributed by atoms with van der Waals surface area (Å²) in [5.41, 5.74) is 4.42. The van der Waals surface area contributed by atoms with Crippen LogP contribution >= 0.6 is 11.3 Å². The van der Waals surface area contributed by atoms with E-state index in [0.717, 1.165) is 22.5 Å². The van der Waals surface area contributed by atoms with Gasteiger partial charge in [0.2, 0.25) is 0 Å². The fourth-order valence-corrected chi connectivity index (χ4v) is 3.08. The summed E-state index contributed by atoms with van der Waals surface area (Å²) in [5, 5.41) is 3.94. The van der Waals surface area contributed by atoms with Gasteiger partial charge in [0.15, 0.2) is 6.61 Å². The van der Waals surface area contributed by atoms with Crippen LogP contribution in [0.1, 0.15) is 27.3 Å². The molecular formula is C19H19N3O3S. The Hall–Kier alpha value is -2.80. The smallest absolute Gasteiger partial charge is 0.338 e. The van der Waals surface area contributed by atoms with Crippen LogP contribution in [0, 0.1) is 13.8 Å². The van der Waals surface area contributed by atoms with Crippen molar-refractivity contribution >= 4 is 34.2 Å². The first-order valence-electron chi connectivity index (χ1n) is 8.11. The summed E-state index contributed by atoms with van der Waals surface area (Å²) in [6.45, 7) is 3.96. The molecule has 0 aliphatic carbocycles. The van der Waals surface area contributed by atoms with Crippen LogP contribution in [-0.4, -0.2) is 40.4 Å². The molecule has 0 unspecified atom stereocenters. The normalized spacial score (nSPS) is 10.7. The highest BCUT2D eigenvalue weighted by molar-refractivity contribution is 7.07. The maximum Gasteiger partial charge on any atom is 0.338 e. The zero-order valence-corrected chi connectivity index (χ0v) is 15.7. The number of nitrogens with zero attached hydrogens (tertiary/aromatic N) is 3. The Kier molecular flexibility index (Phi) is 5.27. The van der Waals surface area contributed by atoms with Gasteiger partial charge < -0.3 is 9.64 Å². The second-order valence-corrected chi connectivity index (χ2v) is 6.84. The van der Waals surface area contributed by atoms with Crippen LogP contribution in [-0.2, 0) is 16.1 Å². The van der Waals surface area contributed by atoms with E-state index in [9.17, 15) is 9.59 Å². The van der Waals surface area contributed by atoms with Gasteiger partial charge in [-0.05, 0) is 54.4 Å². The van der Waals surface area contributed by atoms with Crippen LogP contribution in [0.5, 0.6) is 0 Å². The number of likely N-dealkylation sites (N-methyl/N-ethyl adjacent to an activating group) is 1. The third kappa shape index (κ3) is 4.05. The van der Waals surface area contributed by atoms with E-state index in [4.69, 9.17) is 4.74 Å². The summed E-state index contributed by atoms with van der Waals surface area (Å²) < 4.78 is 5.16. The summed E-state index contributed by atoms with van der Waals surface area (Å²) in [4.78, 5) is 34.8. The third-order valence-electron chi connectivity index (χ3n) is 4.06. The second kappa shape index (κ2) is 7.61. The number of carbonyl (C=O) groups excluding carboxylic acids is 2. The number of aryl methyl sites for hydroxylation is 2. The Balaban J connectivity index is 1.63. The molecule has 26 heavy (non-hydrogen) atoms. The zero-order chi connectivity index (χ0) is 18.7. The lowest BCUT2D eigenvalue weighted by Gasteiger charge is -2.16. The Labute approximate surface area is 155 Å². The van der Waals surface area contributed by atoms with Crippen molar-refractivity contribution in [1.82, 2.24) is 14.9 Å². The summed E-state index contributed by atoms with van der Waals surface area (Å²) in [7, 11) is 1.69. The molecule has 0 fully saturated rings. The molecule has 0 aliphatic heterocycles. The van der Waals surface area contributed by atoms with E-state index in [0.29, 0.717) is 17.6 Å². The molecule has 0 spiro atoms. The number of fused-ring (bicyclic) bond motifs is 1. The number of esters is 1. The fraction of sp³-hybridized carbons (Fsp3) is 0.263. The quantitative estimate of drug-likeness (QED) is 0.646. The van der Waals surface area contributed by atoms with Gasteiger partial charge in [-0.25, -0.2) is 14.8 Å². The lowest BCUT2D eigenvalue weighted by atomic mass is 10.2. The van der Waals surface area contributed by atoms with Gasteiger partial charge >= 0.3 is 5.97 Å². The van der Waals surface area contributed by atoms with E-state index in [-0.39, 0.29) is 12.5 Å². The topological polar surface area (TPSA) is 72.4 Å². The van der Waals surface area contributed by atoms with Crippen LogP contribution in [0.15, 0.2) is 35.0 Å². The molecule has 0 N–H and O–H groups in total. The maximum atomic E-state index is 12.2. The minimum Gasteiger partial charge on any atom is -0.452 e. The highest BCUT2D eigenvalue weighted by Crippen LogP contribution is 2.15. The largest absolute Gasteiger partial charge is 0.452 e. The van der Waals surface area contributed by atoms with Gasteiger partial charge in [-0.3, -0.25) is 4.79 Å². The Morgan fingerprint density at radius 1 is 1.12 bits per heavy atom. The van der Waals surface area contributed by atoms with E-state index in [1.807, 2.05) is 30.7 Å². The van der Waals surface area contributed by atoms with Gasteiger partial charge in [-0.2, -0.15) is 11.3 Å². The van der Waals surface area contributed by atoms with Gasteiger partial charge in [0, 0.05) is 13.6 Å². The van der Waals surface area contributed by atoms with E-state index in [1.165, 1.54) is 4.90 Å². The highest BCUT2D eigenvalue weighted by atomic mass is 32.1. The van der Waals surface area contributed by atoms with E-state index >= 15 is 0 Å². The van der Waals surface area contributed by atoms with E-state index in [2.05, 4.69) is 9.97 Å². The van der Waals surface area contributed by atoms with Crippen molar-refractivity contribution in [2.24, 2.45) is 0 Å². The fourth-order valence-electron chi connectivity index (χ4n) is 2.42. The lowest BCUT2D eigenvalue weighted by Crippen LogP contribution is -2.30. The molecule has 0 aliphatic rings. The first-order chi connectivity index (χ1) is 12.4. The number of thiophene rings is 1. The molecule has 7 heteroatoms. The molecule has 134 valence electrons. The standard InChI is InChI=1S/C19H19N3O3S/c1-12-13(2)21-17-8-15(4-5-16(17)20-12)19(24)25-10-18(23)22(3)9-14-6-7-26-11-14/h4-8,11H,9-10H2,1-3H3. The zero-order valence-electron chi connectivity index (χ0n) is 14.9. The van der Waals surface area contributed by atoms with Crippen LogP contribution in [0.3, 0.4) is 0 Å². The van der Waals surface area contributed by atoms with Crippen molar-refractivity contribution in [3.8, 4) is 0 Å². The van der Waals surface area contributed by atoms with Gasteiger partial charge in [-0.15, -0.1) is 0 Å². The van der Waals surface area contributed by atoms with Crippen molar-refractivity contribution < 1.29 is 14.3 Å². The number of rotatable bonds is 5. The molecule has 3 rings (SSSR count). The second-order valence-electron chi connectivity index (χ2n) is 6.06. The third-order valence-corrected chi connectivity index (χ3v) is 4.80. The van der Waals surface area contributed by atoms with Crippen molar-refractivity contribution in [3.63, 3.8) is 0 Å². The van der Waals surface area contributed by atoms with E-state index in [1.54, 1.807) is 36.6 Å². The van der Waals surface area contributed by atoms with Gasteiger partial charge in [0.1, 0.15) is 0 Å². The van der Waals surface area contributed by atoms with Crippen LogP contribution in [0.25, 0.3) is 11.0 Å². The number of carbonyl (C=O) groups is 2. The average molecular weight is 369 g/mol. The van der Waals surface area contributed by atoms with Crippen molar-refractivity contribution in [2.45, 2.75) is 20.4 Å². The number of hydrogen-bond acceptors (Lipinski definition) is 6. The predicted octanol–water partition coefficient (Wildman–Crippen LogP) is 3.12. The highest BCUT2D eigenvalue weighted by Gasteiger charge is 2.15. The van der Waals surface area contributed by atoms with Crippen molar-refractivity contribution in [3.05, 3.63) is 57.5 Å². The molecule has 0 saturated carbocycles. The first kappa shape index (κ1) is 18.0. The predicted molar refractivity (Wildman–Crippen MR) is 100 cm³/mol. The summed E-state index contributed by atoms with van der Waals surface area (Å²) >= 11 is 1.58. The van der Waals surface area contributed by atoms with Crippen LogP contribution < -0.4 is 0 Å². The monoisotopic (exact) mass is 369 g/mol. The number of aromatic nitrogens is 2. The first-order valence-corrected chi connectivity index (χ1v) is 9.05. The SMILES string of the molecule is Cc1nc2ccc(C(=O)OCC(=O)N(C)Cc3ccsc3)cc2nc1C. The molecule has 0 atom stereocenters. The Morgan fingerprint density at radius 2 is 1.85 bits per heavy atom. The molecule has 0 radical (unpaired) electrons. The van der Waals surface area contributed by atoms with Gasteiger partial charge in [0.05, 0.1) is 28.0 Å². The van der Waals surface area contributed by atoms with Crippen LogP contribution in [0.2, 0.25) is 0 Å². The molecule has 0 saturated heterocycles. The molecule has 1 aromatic carbocycles. The molecule has 0 bridgehead atoms. The molecule has 2 aromatic heterocycles. The number of ether oxygens (including phenoxy) is 1. The van der Waals surface area contributed by atoms with E-state index < -0.39 is 5.97 Å². The summed E-state index contributed by atoms with van der Waals surface area (Å²) in [5.74, 6) is -0.805.